The number of ether oxygens (including phenoxy) is 1. The van der Waals surface area contributed by atoms with Crippen molar-refractivity contribution < 1.29 is 9.53 Å². The van der Waals surface area contributed by atoms with Gasteiger partial charge in [0.1, 0.15) is 5.75 Å². The molecule has 0 aliphatic rings. The van der Waals surface area contributed by atoms with E-state index < -0.39 is 0 Å². The molecule has 5 nitrogen and oxygen atoms in total. The van der Waals surface area contributed by atoms with Gasteiger partial charge in [-0.3, -0.25) is 4.79 Å². The molecule has 7 heteroatoms. The Hall–Kier alpha value is -2.57. The van der Waals surface area contributed by atoms with E-state index in [4.69, 9.17) is 16.3 Å². The maximum Gasteiger partial charge on any atom is 0.230 e. The van der Waals surface area contributed by atoms with Crippen LogP contribution in [0.15, 0.2) is 53.9 Å². The summed E-state index contributed by atoms with van der Waals surface area (Å²) < 4.78 is 5.52. The van der Waals surface area contributed by atoms with Crippen molar-refractivity contribution in [1.82, 2.24) is 4.98 Å². The first kappa shape index (κ1) is 18.2. The summed E-state index contributed by atoms with van der Waals surface area (Å²) in [6, 6.07) is 14.8. The molecule has 2 aromatic carbocycles. The summed E-state index contributed by atoms with van der Waals surface area (Å²) in [6.07, 6.45) is 0.189. The largest absolute Gasteiger partial charge is 0.492 e. The second kappa shape index (κ2) is 8.69. The lowest BCUT2D eigenvalue weighted by Crippen LogP contribution is -2.15. The third-order valence-corrected chi connectivity index (χ3v) is 4.47. The predicted molar refractivity (Wildman–Crippen MR) is 107 cm³/mol. The quantitative estimate of drug-likeness (QED) is 0.590. The average molecular weight is 388 g/mol. The van der Waals surface area contributed by atoms with E-state index in [1.165, 1.54) is 11.3 Å². The van der Waals surface area contributed by atoms with Crippen molar-refractivity contribution in [2.45, 2.75) is 13.3 Å². The van der Waals surface area contributed by atoms with Crippen molar-refractivity contribution in [3.05, 3.63) is 64.6 Å². The minimum absolute atomic E-state index is 0.142. The first-order valence-electron chi connectivity index (χ1n) is 8.12. The van der Waals surface area contributed by atoms with Gasteiger partial charge in [0.05, 0.1) is 24.4 Å². The number of benzene rings is 2. The van der Waals surface area contributed by atoms with Crippen LogP contribution in [0.2, 0.25) is 5.02 Å². The lowest BCUT2D eigenvalue weighted by Gasteiger charge is -2.10. The summed E-state index contributed by atoms with van der Waals surface area (Å²) in [5.74, 6) is 0.515. The Labute approximate surface area is 161 Å². The molecule has 0 aliphatic carbocycles. The van der Waals surface area contributed by atoms with E-state index in [2.05, 4.69) is 15.6 Å². The Morgan fingerprint density at radius 3 is 2.88 bits per heavy atom. The molecule has 0 saturated heterocycles. The first-order valence-corrected chi connectivity index (χ1v) is 9.38. The highest BCUT2D eigenvalue weighted by Crippen LogP contribution is 2.25. The number of amides is 1. The van der Waals surface area contributed by atoms with Crippen LogP contribution in [0.4, 0.5) is 16.5 Å². The summed E-state index contributed by atoms with van der Waals surface area (Å²) in [6.45, 7) is 2.44. The van der Waals surface area contributed by atoms with Crippen LogP contribution in [-0.2, 0) is 11.2 Å². The highest BCUT2D eigenvalue weighted by atomic mass is 35.5. The summed E-state index contributed by atoms with van der Waals surface area (Å²) in [7, 11) is 0. The van der Waals surface area contributed by atoms with Gasteiger partial charge in [0.25, 0.3) is 0 Å². The standard InChI is InChI=1S/C19H18ClN3O2S/c1-2-25-17-9-4-3-8-16(17)23-18(24)11-15-12-26-19(22-15)21-14-7-5-6-13(20)10-14/h3-10,12H,2,11H2,1H3,(H,21,22)(H,23,24). The number of hydrogen-bond acceptors (Lipinski definition) is 5. The average Bonchev–Trinajstić information content (AvgIpc) is 3.03. The number of anilines is 3. The topological polar surface area (TPSA) is 63.2 Å². The van der Waals surface area contributed by atoms with Crippen molar-refractivity contribution in [3.63, 3.8) is 0 Å². The van der Waals surface area contributed by atoms with E-state index in [1.807, 2.05) is 60.8 Å². The highest BCUT2D eigenvalue weighted by Gasteiger charge is 2.11. The molecule has 0 atom stereocenters. The zero-order chi connectivity index (χ0) is 18.4. The fourth-order valence-corrected chi connectivity index (χ4v) is 3.27. The molecular formula is C19H18ClN3O2S. The Morgan fingerprint density at radius 2 is 2.08 bits per heavy atom. The van der Waals surface area contributed by atoms with Crippen molar-refractivity contribution in [2.75, 3.05) is 17.2 Å². The molecule has 3 aromatic rings. The molecule has 26 heavy (non-hydrogen) atoms. The number of thiazole rings is 1. The van der Waals surface area contributed by atoms with E-state index >= 15 is 0 Å². The molecule has 2 N–H and O–H groups in total. The molecule has 0 bridgehead atoms. The van der Waals surface area contributed by atoms with Gasteiger partial charge in [-0.2, -0.15) is 0 Å². The Kier molecular flexibility index (Phi) is 6.09. The van der Waals surface area contributed by atoms with Gasteiger partial charge in [-0.05, 0) is 37.3 Å². The maximum atomic E-state index is 12.3. The summed E-state index contributed by atoms with van der Waals surface area (Å²) in [5, 5.41) is 9.29. The summed E-state index contributed by atoms with van der Waals surface area (Å²) in [4.78, 5) is 16.8. The van der Waals surface area contributed by atoms with E-state index in [-0.39, 0.29) is 12.3 Å². The molecule has 134 valence electrons. The number of hydrogen-bond donors (Lipinski definition) is 2. The predicted octanol–water partition coefficient (Wildman–Crippen LogP) is 5.12. The number of carbonyl (C=O) groups is 1. The van der Waals surface area contributed by atoms with Crippen LogP contribution >= 0.6 is 22.9 Å². The van der Waals surface area contributed by atoms with Gasteiger partial charge in [-0.15, -0.1) is 11.3 Å². The van der Waals surface area contributed by atoms with Gasteiger partial charge in [0.15, 0.2) is 5.13 Å². The molecule has 0 fully saturated rings. The monoisotopic (exact) mass is 387 g/mol. The fraction of sp³-hybridized carbons (Fsp3) is 0.158. The smallest absolute Gasteiger partial charge is 0.230 e. The van der Waals surface area contributed by atoms with Crippen LogP contribution in [0.25, 0.3) is 0 Å². The van der Waals surface area contributed by atoms with E-state index in [0.717, 1.165) is 5.69 Å². The second-order valence-corrected chi connectivity index (χ2v) is 6.73. The van der Waals surface area contributed by atoms with Crippen LogP contribution in [0.3, 0.4) is 0 Å². The van der Waals surface area contributed by atoms with Gasteiger partial charge in [0.2, 0.25) is 5.91 Å². The number of nitrogens with one attached hydrogen (secondary N) is 2. The molecule has 3 rings (SSSR count). The lowest BCUT2D eigenvalue weighted by molar-refractivity contribution is -0.115. The fourth-order valence-electron chi connectivity index (χ4n) is 2.35. The third kappa shape index (κ3) is 4.97. The van der Waals surface area contributed by atoms with Crippen molar-refractivity contribution in [3.8, 4) is 5.75 Å². The molecule has 0 spiro atoms. The van der Waals surface area contributed by atoms with E-state index in [9.17, 15) is 4.79 Å². The van der Waals surface area contributed by atoms with Crippen molar-refractivity contribution in [1.29, 1.82) is 0 Å². The van der Waals surface area contributed by atoms with Crippen LogP contribution < -0.4 is 15.4 Å². The Morgan fingerprint density at radius 1 is 1.23 bits per heavy atom. The minimum Gasteiger partial charge on any atom is -0.492 e. The first-order chi connectivity index (χ1) is 12.6. The minimum atomic E-state index is -0.142. The van der Waals surface area contributed by atoms with Crippen LogP contribution in [0.5, 0.6) is 5.75 Å². The second-order valence-electron chi connectivity index (χ2n) is 5.43. The molecule has 1 aromatic heterocycles. The van der Waals surface area contributed by atoms with E-state index in [0.29, 0.717) is 33.9 Å². The molecule has 1 amide bonds. The van der Waals surface area contributed by atoms with Gasteiger partial charge in [-0.1, -0.05) is 29.8 Å². The van der Waals surface area contributed by atoms with Gasteiger partial charge < -0.3 is 15.4 Å². The number of aromatic nitrogens is 1. The number of halogens is 1. The number of rotatable bonds is 7. The number of nitrogens with zero attached hydrogens (tertiary/aromatic N) is 1. The molecular weight excluding hydrogens is 370 g/mol. The Balaban J connectivity index is 1.61. The zero-order valence-corrected chi connectivity index (χ0v) is 15.7. The number of para-hydroxylation sites is 2. The lowest BCUT2D eigenvalue weighted by atomic mass is 10.2. The summed E-state index contributed by atoms with van der Waals surface area (Å²) >= 11 is 7.42. The third-order valence-electron chi connectivity index (χ3n) is 3.43. The van der Waals surface area contributed by atoms with Gasteiger partial charge >= 0.3 is 0 Å². The maximum absolute atomic E-state index is 12.3. The molecule has 0 saturated carbocycles. The van der Waals surface area contributed by atoms with Crippen LogP contribution in [0.1, 0.15) is 12.6 Å². The summed E-state index contributed by atoms with van der Waals surface area (Å²) in [5.41, 5.74) is 2.21. The van der Waals surface area contributed by atoms with Crippen molar-refractivity contribution in [2.24, 2.45) is 0 Å². The Bertz CT molecular complexity index is 898. The SMILES string of the molecule is CCOc1ccccc1NC(=O)Cc1csc(Nc2cccc(Cl)c2)n1. The number of carbonyl (C=O) groups excluding carboxylic acids is 1. The van der Waals surface area contributed by atoms with Crippen LogP contribution in [0, 0.1) is 0 Å². The molecule has 0 aliphatic heterocycles. The molecule has 0 unspecified atom stereocenters. The highest BCUT2D eigenvalue weighted by molar-refractivity contribution is 7.13. The van der Waals surface area contributed by atoms with Crippen LogP contribution in [-0.4, -0.2) is 17.5 Å². The van der Waals surface area contributed by atoms with Gasteiger partial charge in [0, 0.05) is 16.1 Å². The molecule has 1 heterocycles. The van der Waals surface area contributed by atoms with Crippen molar-refractivity contribution >= 4 is 45.4 Å². The van der Waals surface area contributed by atoms with Gasteiger partial charge in [-0.25, -0.2) is 4.98 Å². The molecule has 0 radical (unpaired) electrons. The normalized spacial score (nSPS) is 10.4. The zero-order valence-electron chi connectivity index (χ0n) is 14.2. The van der Waals surface area contributed by atoms with E-state index in [1.54, 1.807) is 0 Å².